The van der Waals surface area contributed by atoms with E-state index in [0.29, 0.717) is 17.9 Å². The molecular formula is C21H28ClNO. The van der Waals surface area contributed by atoms with E-state index >= 15 is 0 Å². The Kier molecular flexibility index (Phi) is 7.14. The molecule has 0 spiro atoms. The Bertz CT molecular complexity index is 607. The van der Waals surface area contributed by atoms with Crippen molar-refractivity contribution < 1.29 is 4.74 Å². The molecular weight excluding hydrogens is 318 g/mol. The van der Waals surface area contributed by atoms with Gasteiger partial charge in [-0.3, -0.25) is 0 Å². The van der Waals surface area contributed by atoms with Crippen LogP contribution in [0, 0.1) is 5.92 Å². The smallest absolute Gasteiger partial charge is 0.118 e. The van der Waals surface area contributed by atoms with E-state index in [4.69, 9.17) is 16.3 Å². The molecule has 0 radical (unpaired) electrons. The maximum absolute atomic E-state index is 5.96. The molecule has 0 saturated heterocycles. The highest BCUT2D eigenvalue weighted by Crippen LogP contribution is 2.29. The van der Waals surface area contributed by atoms with Crippen LogP contribution in [0.3, 0.4) is 0 Å². The highest BCUT2D eigenvalue weighted by Gasteiger charge is 2.16. The summed E-state index contributed by atoms with van der Waals surface area (Å²) in [6.45, 7) is 7.76. The van der Waals surface area contributed by atoms with Crippen molar-refractivity contribution in [1.82, 2.24) is 5.32 Å². The molecule has 1 N–H and O–H groups in total. The fourth-order valence-electron chi connectivity index (χ4n) is 3.06. The second-order valence-corrected chi connectivity index (χ2v) is 7.08. The van der Waals surface area contributed by atoms with Crippen LogP contribution in [0.15, 0.2) is 48.5 Å². The van der Waals surface area contributed by atoms with E-state index in [9.17, 15) is 0 Å². The molecule has 2 aromatic rings. The van der Waals surface area contributed by atoms with Crippen molar-refractivity contribution in [3.63, 3.8) is 0 Å². The van der Waals surface area contributed by atoms with E-state index in [0.717, 1.165) is 23.7 Å². The van der Waals surface area contributed by atoms with Crippen LogP contribution >= 0.6 is 11.6 Å². The van der Waals surface area contributed by atoms with Gasteiger partial charge in [-0.05, 0) is 67.1 Å². The van der Waals surface area contributed by atoms with E-state index in [1.54, 1.807) is 7.11 Å². The molecule has 0 bridgehead atoms. The van der Waals surface area contributed by atoms with Crippen molar-refractivity contribution in [1.29, 1.82) is 0 Å². The molecule has 0 heterocycles. The van der Waals surface area contributed by atoms with Crippen molar-refractivity contribution in [2.24, 2.45) is 5.92 Å². The highest BCUT2D eigenvalue weighted by molar-refractivity contribution is 6.30. The maximum Gasteiger partial charge on any atom is 0.118 e. The van der Waals surface area contributed by atoms with Gasteiger partial charge < -0.3 is 10.1 Å². The molecule has 0 unspecified atom stereocenters. The van der Waals surface area contributed by atoms with Crippen LogP contribution in [-0.2, 0) is 0 Å². The SMILES string of the molecule is COc1ccc([C@H](CCN[C@@H](C)c2ccc(Cl)cc2)C(C)C)cc1. The van der Waals surface area contributed by atoms with E-state index in [1.807, 2.05) is 12.1 Å². The first-order valence-corrected chi connectivity index (χ1v) is 9.02. The summed E-state index contributed by atoms with van der Waals surface area (Å²) in [4.78, 5) is 0. The van der Waals surface area contributed by atoms with Gasteiger partial charge in [0, 0.05) is 11.1 Å². The predicted octanol–water partition coefficient (Wildman–Crippen LogP) is 5.83. The van der Waals surface area contributed by atoms with Gasteiger partial charge in [-0.15, -0.1) is 0 Å². The molecule has 130 valence electrons. The summed E-state index contributed by atoms with van der Waals surface area (Å²) in [5, 5.41) is 4.41. The second-order valence-electron chi connectivity index (χ2n) is 6.64. The topological polar surface area (TPSA) is 21.3 Å². The molecule has 2 rings (SSSR count). The number of methoxy groups -OCH3 is 1. The zero-order chi connectivity index (χ0) is 17.5. The lowest BCUT2D eigenvalue weighted by Crippen LogP contribution is -2.22. The van der Waals surface area contributed by atoms with Crippen molar-refractivity contribution in [3.8, 4) is 5.75 Å². The first kappa shape index (κ1) is 18.8. The van der Waals surface area contributed by atoms with Gasteiger partial charge in [0.05, 0.1) is 7.11 Å². The van der Waals surface area contributed by atoms with Gasteiger partial charge in [0.2, 0.25) is 0 Å². The number of hydrogen-bond acceptors (Lipinski definition) is 2. The Morgan fingerprint density at radius 1 is 0.917 bits per heavy atom. The van der Waals surface area contributed by atoms with Gasteiger partial charge in [-0.1, -0.05) is 49.7 Å². The van der Waals surface area contributed by atoms with Crippen LogP contribution in [-0.4, -0.2) is 13.7 Å². The third-order valence-corrected chi connectivity index (χ3v) is 4.88. The lowest BCUT2D eigenvalue weighted by molar-refractivity contribution is 0.412. The molecule has 0 aliphatic heterocycles. The average Bonchev–Trinajstić information content (AvgIpc) is 2.59. The Morgan fingerprint density at radius 3 is 2.04 bits per heavy atom. The summed E-state index contributed by atoms with van der Waals surface area (Å²) >= 11 is 5.96. The predicted molar refractivity (Wildman–Crippen MR) is 103 cm³/mol. The van der Waals surface area contributed by atoms with Crippen molar-refractivity contribution in [2.45, 2.75) is 39.2 Å². The molecule has 24 heavy (non-hydrogen) atoms. The van der Waals surface area contributed by atoms with Gasteiger partial charge in [-0.25, -0.2) is 0 Å². The lowest BCUT2D eigenvalue weighted by Gasteiger charge is -2.23. The second kappa shape index (κ2) is 9.10. The van der Waals surface area contributed by atoms with Crippen LogP contribution in [0.25, 0.3) is 0 Å². The number of nitrogens with one attached hydrogen (secondary N) is 1. The van der Waals surface area contributed by atoms with Gasteiger partial charge in [0.15, 0.2) is 0 Å². The quantitative estimate of drug-likeness (QED) is 0.650. The lowest BCUT2D eigenvalue weighted by atomic mass is 9.85. The summed E-state index contributed by atoms with van der Waals surface area (Å²) in [6, 6.07) is 16.9. The molecule has 0 aliphatic carbocycles. The van der Waals surface area contributed by atoms with E-state index in [2.05, 4.69) is 62.5 Å². The molecule has 0 aromatic heterocycles. The Morgan fingerprint density at radius 2 is 1.50 bits per heavy atom. The van der Waals surface area contributed by atoms with E-state index < -0.39 is 0 Å². The summed E-state index contributed by atoms with van der Waals surface area (Å²) in [5.74, 6) is 2.06. The number of halogens is 1. The summed E-state index contributed by atoms with van der Waals surface area (Å²) < 4.78 is 5.26. The van der Waals surface area contributed by atoms with Crippen LogP contribution in [0.4, 0.5) is 0 Å². The molecule has 0 amide bonds. The summed E-state index contributed by atoms with van der Waals surface area (Å²) in [7, 11) is 1.71. The normalized spacial score (nSPS) is 13.8. The molecule has 3 heteroatoms. The van der Waals surface area contributed by atoms with Gasteiger partial charge in [0.1, 0.15) is 5.75 Å². The Labute approximate surface area is 151 Å². The summed E-state index contributed by atoms with van der Waals surface area (Å²) in [6.07, 6.45) is 1.11. The Hall–Kier alpha value is -1.51. The zero-order valence-corrected chi connectivity index (χ0v) is 15.8. The van der Waals surface area contributed by atoms with Crippen LogP contribution in [0.1, 0.15) is 50.3 Å². The Balaban J connectivity index is 1.92. The number of hydrogen-bond donors (Lipinski definition) is 1. The zero-order valence-electron chi connectivity index (χ0n) is 15.1. The van der Waals surface area contributed by atoms with Crippen molar-refractivity contribution >= 4 is 11.6 Å². The standard InChI is InChI=1S/C21H28ClNO/c1-15(2)21(18-7-11-20(24-4)12-8-18)13-14-23-16(3)17-5-9-19(22)10-6-17/h5-12,15-16,21,23H,13-14H2,1-4H3/t16-,21+/m0/s1. The minimum absolute atomic E-state index is 0.325. The maximum atomic E-state index is 5.96. The fourth-order valence-corrected chi connectivity index (χ4v) is 3.19. The molecule has 2 aromatic carbocycles. The molecule has 2 atom stereocenters. The first-order chi connectivity index (χ1) is 11.5. The van der Waals surface area contributed by atoms with E-state index in [-0.39, 0.29) is 0 Å². The van der Waals surface area contributed by atoms with Gasteiger partial charge >= 0.3 is 0 Å². The monoisotopic (exact) mass is 345 g/mol. The van der Waals surface area contributed by atoms with Crippen LogP contribution in [0.2, 0.25) is 5.02 Å². The molecule has 0 fully saturated rings. The highest BCUT2D eigenvalue weighted by atomic mass is 35.5. The van der Waals surface area contributed by atoms with Crippen LogP contribution < -0.4 is 10.1 Å². The molecule has 2 nitrogen and oxygen atoms in total. The first-order valence-electron chi connectivity index (χ1n) is 8.64. The van der Waals surface area contributed by atoms with Gasteiger partial charge in [0.25, 0.3) is 0 Å². The van der Waals surface area contributed by atoms with Crippen molar-refractivity contribution in [3.05, 3.63) is 64.7 Å². The summed E-state index contributed by atoms with van der Waals surface area (Å²) in [5.41, 5.74) is 2.65. The minimum atomic E-state index is 0.325. The largest absolute Gasteiger partial charge is 0.497 e. The third-order valence-electron chi connectivity index (χ3n) is 4.62. The molecule has 0 saturated carbocycles. The van der Waals surface area contributed by atoms with Gasteiger partial charge in [-0.2, -0.15) is 0 Å². The number of ether oxygens (including phenoxy) is 1. The average molecular weight is 346 g/mol. The van der Waals surface area contributed by atoms with Crippen LogP contribution in [0.5, 0.6) is 5.75 Å². The molecule has 0 aliphatic rings. The van der Waals surface area contributed by atoms with Crippen molar-refractivity contribution in [2.75, 3.05) is 13.7 Å². The third kappa shape index (κ3) is 5.25. The van der Waals surface area contributed by atoms with E-state index in [1.165, 1.54) is 11.1 Å². The number of rotatable bonds is 8. The number of benzene rings is 2. The minimum Gasteiger partial charge on any atom is -0.497 e. The fraction of sp³-hybridized carbons (Fsp3) is 0.429.